The highest BCUT2D eigenvalue weighted by Gasteiger charge is 2.46. The van der Waals surface area contributed by atoms with Crippen LogP contribution in [-0.4, -0.2) is 56.2 Å². The molecule has 156 valence electrons. The molecule has 1 aliphatic heterocycles. The Morgan fingerprint density at radius 2 is 1.76 bits per heavy atom. The molecule has 0 aliphatic carbocycles. The first-order valence-corrected chi connectivity index (χ1v) is 8.59. The Labute approximate surface area is 163 Å². The summed E-state index contributed by atoms with van der Waals surface area (Å²) >= 11 is 0. The molecule has 1 aromatic heterocycles. The van der Waals surface area contributed by atoms with Gasteiger partial charge in [-0.3, -0.25) is 9.78 Å². The minimum Gasteiger partial charge on any atom is -0.480 e. The van der Waals surface area contributed by atoms with Crippen molar-refractivity contribution in [1.82, 2.24) is 9.88 Å². The number of hydrogen-bond acceptors (Lipinski definition) is 4. The molecule has 1 amide bonds. The third-order valence-corrected chi connectivity index (χ3v) is 4.66. The maximum Gasteiger partial charge on any atom is 0.490 e. The van der Waals surface area contributed by atoms with Crippen LogP contribution in [0.25, 0.3) is 10.9 Å². The maximum atomic E-state index is 12.7. The number of likely N-dealkylation sites (tertiary alicyclic amines) is 1. The molecule has 10 heteroatoms. The topological polar surface area (TPSA) is 108 Å². The fraction of sp³-hybridized carbons (Fsp3) is 0.368. The molecule has 0 radical (unpaired) electrons. The molecular formula is C19H19F3N2O5. The lowest BCUT2D eigenvalue weighted by molar-refractivity contribution is -0.192. The van der Waals surface area contributed by atoms with E-state index in [1.54, 1.807) is 19.1 Å². The van der Waals surface area contributed by atoms with Crippen LogP contribution in [0.5, 0.6) is 0 Å². The number of carboxylic acid groups (broad SMARTS) is 2. The van der Waals surface area contributed by atoms with Crippen molar-refractivity contribution in [2.24, 2.45) is 0 Å². The van der Waals surface area contributed by atoms with Crippen molar-refractivity contribution in [3.63, 3.8) is 0 Å². The molecule has 1 fully saturated rings. The van der Waals surface area contributed by atoms with Crippen LogP contribution in [0.3, 0.4) is 0 Å². The van der Waals surface area contributed by atoms with Gasteiger partial charge < -0.3 is 15.1 Å². The van der Waals surface area contributed by atoms with Crippen LogP contribution in [0.2, 0.25) is 0 Å². The number of rotatable bonds is 2. The van der Waals surface area contributed by atoms with Gasteiger partial charge in [0.1, 0.15) is 5.54 Å². The zero-order valence-electron chi connectivity index (χ0n) is 15.7. The molecule has 2 aromatic rings. The van der Waals surface area contributed by atoms with Gasteiger partial charge >= 0.3 is 18.1 Å². The molecule has 1 aliphatic rings. The Morgan fingerprint density at radius 3 is 2.31 bits per heavy atom. The van der Waals surface area contributed by atoms with Gasteiger partial charge in [-0.05, 0) is 51.0 Å². The number of hydrogen-bond donors (Lipinski definition) is 2. The average Bonchev–Trinajstić information content (AvgIpc) is 3.03. The third-order valence-electron chi connectivity index (χ3n) is 4.66. The zero-order valence-corrected chi connectivity index (χ0v) is 15.7. The molecule has 1 saturated heterocycles. The number of aryl methyl sites for hydroxylation is 1. The standard InChI is InChI=1S/C17H18N2O3.C2HF3O2/c1-11-4-5-12-10-13(6-7-14(12)18-11)15(20)19-9-3-8-17(19,2)16(21)22;3-2(4,5)1(6)7/h4-7,10H,3,8-9H2,1-2H3,(H,21,22);(H,6,7). The number of nitrogens with zero attached hydrogens (tertiary/aromatic N) is 2. The number of fused-ring (bicyclic) bond motifs is 1. The average molecular weight is 412 g/mol. The summed E-state index contributed by atoms with van der Waals surface area (Å²) in [6.07, 6.45) is -3.88. The van der Waals surface area contributed by atoms with Crippen molar-refractivity contribution >= 4 is 28.7 Å². The van der Waals surface area contributed by atoms with E-state index < -0.39 is 23.7 Å². The molecule has 1 aromatic carbocycles. The van der Waals surface area contributed by atoms with Crippen molar-refractivity contribution in [1.29, 1.82) is 0 Å². The van der Waals surface area contributed by atoms with Crippen LogP contribution in [0.15, 0.2) is 30.3 Å². The summed E-state index contributed by atoms with van der Waals surface area (Å²) in [5, 5.41) is 17.4. The zero-order chi connectivity index (χ0) is 22.0. The summed E-state index contributed by atoms with van der Waals surface area (Å²) in [5.74, 6) is -3.94. The molecule has 3 rings (SSSR count). The number of amides is 1. The van der Waals surface area contributed by atoms with E-state index in [-0.39, 0.29) is 5.91 Å². The Hall–Kier alpha value is -3.17. The number of benzene rings is 1. The maximum absolute atomic E-state index is 12.7. The summed E-state index contributed by atoms with van der Waals surface area (Å²) in [6, 6.07) is 9.13. The van der Waals surface area contributed by atoms with Crippen molar-refractivity contribution in [3.8, 4) is 0 Å². The van der Waals surface area contributed by atoms with Gasteiger partial charge in [0.25, 0.3) is 5.91 Å². The second-order valence-corrected chi connectivity index (χ2v) is 6.80. The normalized spacial score (nSPS) is 18.9. The molecule has 0 spiro atoms. The van der Waals surface area contributed by atoms with Gasteiger partial charge in [0, 0.05) is 23.2 Å². The number of aliphatic carboxylic acids is 2. The Morgan fingerprint density at radius 1 is 1.14 bits per heavy atom. The van der Waals surface area contributed by atoms with Gasteiger partial charge in [-0.2, -0.15) is 13.2 Å². The monoisotopic (exact) mass is 412 g/mol. The highest BCUT2D eigenvalue weighted by molar-refractivity contribution is 6.00. The lowest BCUT2D eigenvalue weighted by Gasteiger charge is -2.31. The number of carbonyl (C=O) groups is 3. The van der Waals surface area contributed by atoms with Gasteiger partial charge in [0.05, 0.1) is 5.52 Å². The molecule has 0 saturated carbocycles. The van der Waals surface area contributed by atoms with Crippen LogP contribution < -0.4 is 0 Å². The summed E-state index contributed by atoms with van der Waals surface area (Å²) < 4.78 is 31.7. The lowest BCUT2D eigenvalue weighted by atomic mass is 9.98. The highest BCUT2D eigenvalue weighted by atomic mass is 19.4. The summed E-state index contributed by atoms with van der Waals surface area (Å²) in [4.78, 5) is 39.0. The number of alkyl halides is 3. The van der Waals surface area contributed by atoms with E-state index in [9.17, 15) is 27.9 Å². The van der Waals surface area contributed by atoms with Crippen molar-refractivity contribution < 1.29 is 37.8 Å². The summed E-state index contributed by atoms with van der Waals surface area (Å²) in [7, 11) is 0. The van der Waals surface area contributed by atoms with E-state index in [2.05, 4.69) is 4.98 Å². The SMILES string of the molecule is Cc1ccc2cc(C(=O)N3CCCC3(C)C(=O)O)ccc2n1.O=C(O)C(F)(F)F. The molecule has 1 unspecified atom stereocenters. The van der Waals surface area contributed by atoms with Crippen LogP contribution in [0, 0.1) is 6.92 Å². The first kappa shape index (κ1) is 22.1. The Bertz CT molecular complexity index is 961. The van der Waals surface area contributed by atoms with Crippen LogP contribution in [0.4, 0.5) is 13.2 Å². The molecule has 1 atom stereocenters. The van der Waals surface area contributed by atoms with E-state index in [1.165, 1.54) is 4.90 Å². The fourth-order valence-corrected chi connectivity index (χ4v) is 3.03. The fourth-order valence-electron chi connectivity index (χ4n) is 3.03. The first-order chi connectivity index (χ1) is 13.4. The van der Waals surface area contributed by atoms with E-state index in [0.29, 0.717) is 24.9 Å². The van der Waals surface area contributed by atoms with Gasteiger partial charge in [0.15, 0.2) is 0 Å². The van der Waals surface area contributed by atoms with E-state index in [0.717, 1.165) is 16.6 Å². The number of carboxylic acids is 2. The predicted octanol–water partition coefficient (Wildman–Crippen LogP) is 3.26. The minimum atomic E-state index is -5.08. The van der Waals surface area contributed by atoms with Crippen molar-refractivity contribution in [2.75, 3.05) is 6.54 Å². The van der Waals surface area contributed by atoms with E-state index in [1.807, 2.05) is 25.1 Å². The summed E-state index contributed by atoms with van der Waals surface area (Å²) in [6.45, 7) is 4.01. The van der Waals surface area contributed by atoms with E-state index in [4.69, 9.17) is 9.90 Å². The van der Waals surface area contributed by atoms with Gasteiger partial charge in [0.2, 0.25) is 0 Å². The van der Waals surface area contributed by atoms with Crippen LogP contribution in [-0.2, 0) is 9.59 Å². The molecule has 0 bridgehead atoms. The van der Waals surface area contributed by atoms with Crippen LogP contribution in [0.1, 0.15) is 35.8 Å². The van der Waals surface area contributed by atoms with Crippen LogP contribution >= 0.6 is 0 Å². The molecule has 29 heavy (non-hydrogen) atoms. The number of pyridine rings is 1. The highest BCUT2D eigenvalue weighted by Crippen LogP contribution is 2.31. The minimum absolute atomic E-state index is 0.232. The third kappa shape index (κ3) is 4.82. The van der Waals surface area contributed by atoms with Gasteiger partial charge in [-0.25, -0.2) is 9.59 Å². The number of aromatic nitrogens is 1. The summed E-state index contributed by atoms with van der Waals surface area (Å²) in [5.41, 5.74) is 1.15. The van der Waals surface area contributed by atoms with E-state index >= 15 is 0 Å². The molecule has 7 nitrogen and oxygen atoms in total. The predicted molar refractivity (Wildman–Crippen MR) is 96.5 cm³/mol. The quantitative estimate of drug-likeness (QED) is 0.784. The molecular weight excluding hydrogens is 393 g/mol. The largest absolute Gasteiger partial charge is 0.490 e. The van der Waals surface area contributed by atoms with Crippen molar-refractivity contribution in [2.45, 2.75) is 38.4 Å². The Kier molecular flexibility index (Phi) is 6.15. The number of carbonyl (C=O) groups excluding carboxylic acids is 1. The van der Waals surface area contributed by atoms with Gasteiger partial charge in [-0.1, -0.05) is 6.07 Å². The lowest BCUT2D eigenvalue weighted by Crippen LogP contribution is -2.50. The Balaban J connectivity index is 0.000000370. The second-order valence-electron chi connectivity index (χ2n) is 6.80. The van der Waals surface area contributed by atoms with Crippen molar-refractivity contribution in [3.05, 3.63) is 41.6 Å². The number of halogens is 3. The molecule has 2 heterocycles. The first-order valence-electron chi connectivity index (χ1n) is 8.59. The smallest absolute Gasteiger partial charge is 0.480 e. The molecule has 2 N–H and O–H groups in total. The second kappa shape index (κ2) is 8.06. The van der Waals surface area contributed by atoms with Gasteiger partial charge in [-0.15, -0.1) is 0 Å².